The van der Waals surface area contributed by atoms with Gasteiger partial charge in [-0.25, -0.2) is 8.42 Å². The van der Waals surface area contributed by atoms with Crippen LogP contribution in [-0.2, 0) is 10.0 Å². The second-order valence-corrected chi connectivity index (χ2v) is 9.55. The van der Waals surface area contributed by atoms with Crippen LogP contribution in [-0.4, -0.2) is 61.8 Å². The van der Waals surface area contributed by atoms with Crippen LogP contribution >= 0.6 is 11.3 Å². The molecule has 2 heterocycles. The average molecular weight is 434 g/mol. The highest BCUT2D eigenvalue weighted by Crippen LogP contribution is 2.24. The number of nitrogens with zero attached hydrogens (tertiary/aromatic N) is 2. The van der Waals surface area contributed by atoms with Gasteiger partial charge >= 0.3 is 4.87 Å². The number of hydrogen-bond acceptors (Lipinski definition) is 6. The second-order valence-electron chi connectivity index (χ2n) is 6.60. The maximum Gasteiger partial charge on any atom is 0.305 e. The van der Waals surface area contributed by atoms with Crippen molar-refractivity contribution < 1.29 is 17.9 Å². The number of thiazole rings is 1. The number of aromatic amines is 1. The normalized spacial score (nSPS) is 15.6. The van der Waals surface area contributed by atoms with Gasteiger partial charge in [0.2, 0.25) is 10.0 Å². The van der Waals surface area contributed by atoms with Crippen molar-refractivity contribution in [1.82, 2.24) is 14.2 Å². The Hall–Kier alpha value is -2.69. The van der Waals surface area contributed by atoms with Gasteiger partial charge in [-0.1, -0.05) is 17.4 Å². The van der Waals surface area contributed by atoms with Crippen LogP contribution in [0.3, 0.4) is 0 Å². The molecule has 1 amide bonds. The number of benzene rings is 2. The summed E-state index contributed by atoms with van der Waals surface area (Å²) < 4.78 is 33.1. The summed E-state index contributed by atoms with van der Waals surface area (Å²) >= 11 is 0.977. The van der Waals surface area contributed by atoms with Crippen molar-refractivity contribution in [3.05, 3.63) is 57.7 Å². The smallest absolute Gasteiger partial charge is 0.305 e. The molecular weight excluding hydrogens is 414 g/mol. The van der Waals surface area contributed by atoms with Gasteiger partial charge in [-0.2, -0.15) is 4.31 Å². The van der Waals surface area contributed by atoms with E-state index in [1.807, 2.05) is 0 Å². The molecule has 0 unspecified atom stereocenters. The number of piperazine rings is 1. The molecule has 1 aliphatic heterocycles. The van der Waals surface area contributed by atoms with E-state index in [1.54, 1.807) is 35.2 Å². The van der Waals surface area contributed by atoms with Gasteiger partial charge in [0.05, 0.1) is 22.2 Å². The number of hydrogen-bond donors (Lipinski definition) is 1. The molecule has 152 valence electrons. The van der Waals surface area contributed by atoms with E-state index >= 15 is 0 Å². The summed E-state index contributed by atoms with van der Waals surface area (Å²) in [5.41, 5.74) is 1.13. The Morgan fingerprint density at radius 1 is 1.10 bits per heavy atom. The first kappa shape index (κ1) is 19.6. The Morgan fingerprint density at radius 2 is 1.86 bits per heavy atom. The zero-order chi connectivity index (χ0) is 20.6. The van der Waals surface area contributed by atoms with E-state index in [2.05, 4.69) is 4.98 Å². The maximum absolute atomic E-state index is 13.0. The molecule has 2 aromatic carbocycles. The van der Waals surface area contributed by atoms with Gasteiger partial charge < -0.3 is 14.6 Å². The molecule has 0 spiro atoms. The lowest BCUT2D eigenvalue weighted by atomic mass is 10.1. The summed E-state index contributed by atoms with van der Waals surface area (Å²) in [7, 11) is -2.16. The van der Waals surface area contributed by atoms with E-state index in [-0.39, 0.29) is 28.8 Å². The molecular formula is C19H19N3O5S2. The van der Waals surface area contributed by atoms with E-state index in [4.69, 9.17) is 4.74 Å². The number of carbonyl (C=O) groups excluding carboxylic acids is 1. The van der Waals surface area contributed by atoms with Crippen LogP contribution in [0.5, 0.6) is 5.75 Å². The maximum atomic E-state index is 13.0. The van der Waals surface area contributed by atoms with Crippen molar-refractivity contribution in [2.75, 3.05) is 33.3 Å². The van der Waals surface area contributed by atoms with Crippen LogP contribution in [0.1, 0.15) is 10.4 Å². The lowest BCUT2D eigenvalue weighted by molar-refractivity contribution is 0.0697. The number of carbonyl (C=O) groups is 1. The third-order valence-corrected chi connectivity index (χ3v) is 7.61. The molecule has 0 radical (unpaired) electrons. The Kier molecular flexibility index (Phi) is 5.15. The fraction of sp³-hybridized carbons (Fsp3) is 0.263. The number of amides is 1. The number of nitrogens with one attached hydrogen (secondary N) is 1. The summed E-state index contributed by atoms with van der Waals surface area (Å²) in [6.45, 7) is 1.02. The number of fused-ring (bicyclic) bond motifs is 1. The lowest BCUT2D eigenvalue weighted by Gasteiger charge is -2.34. The Bertz CT molecular complexity index is 1220. The fourth-order valence-corrected chi connectivity index (χ4v) is 5.60. The van der Waals surface area contributed by atoms with Crippen molar-refractivity contribution in [3.8, 4) is 5.75 Å². The summed E-state index contributed by atoms with van der Waals surface area (Å²) in [6, 6.07) is 11.5. The first-order chi connectivity index (χ1) is 13.9. The molecule has 1 saturated heterocycles. The van der Waals surface area contributed by atoms with Crippen LogP contribution in [0.15, 0.2) is 52.2 Å². The summed E-state index contributed by atoms with van der Waals surface area (Å²) in [4.78, 5) is 28.4. The molecule has 1 aliphatic rings. The van der Waals surface area contributed by atoms with Gasteiger partial charge in [0.15, 0.2) is 0 Å². The van der Waals surface area contributed by atoms with Crippen LogP contribution in [0, 0.1) is 0 Å². The van der Waals surface area contributed by atoms with Crippen LogP contribution in [0.4, 0.5) is 0 Å². The number of aromatic nitrogens is 1. The van der Waals surface area contributed by atoms with Crippen molar-refractivity contribution >= 4 is 37.5 Å². The third kappa shape index (κ3) is 3.78. The van der Waals surface area contributed by atoms with Crippen LogP contribution in [0.2, 0.25) is 0 Å². The van der Waals surface area contributed by atoms with E-state index in [1.165, 1.54) is 23.5 Å². The lowest BCUT2D eigenvalue weighted by Crippen LogP contribution is -2.50. The molecule has 29 heavy (non-hydrogen) atoms. The number of rotatable bonds is 4. The predicted molar refractivity (Wildman–Crippen MR) is 110 cm³/mol. The number of ether oxygens (including phenoxy) is 1. The molecule has 3 aromatic rings. The van der Waals surface area contributed by atoms with Gasteiger partial charge in [0.25, 0.3) is 5.91 Å². The molecule has 0 bridgehead atoms. The van der Waals surface area contributed by atoms with Gasteiger partial charge in [0, 0.05) is 31.7 Å². The van der Waals surface area contributed by atoms with E-state index < -0.39 is 10.0 Å². The van der Waals surface area contributed by atoms with Crippen molar-refractivity contribution in [2.45, 2.75) is 4.90 Å². The highest BCUT2D eigenvalue weighted by Gasteiger charge is 2.30. The zero-order valence-electron chi connectivity index (χ0n) is 15.6. The monoisotopic (exact) mass is 433 g/mol. The summed E-state index contributed by atoms with van der Waals surface area (Å²) in [6.07, 6.45) is 0. The molecule has 4 rings (SSSR count). The molecule has 1 aromatic heterocycles. The highest BCUT2D eigenvalue weighted by atomic mass is 32.2. The average Bonchev–Trinajstić information content (AvgIpc) is 3.12. The van der Waals surface area contributed by atoms with Crippen LogP contribution in [0.25, 0.3) is 10.2 Å². The van der Waals surface area contributed by atoms with Gasteiger partial charge in [0.1, 0.15) is 5.75 Å². The molecule has 1 N–H and O–H groups in total. The molecule has 0 saturated carbocycles. The standard InChI is InChI=1S/C19H19N3O5S2/c1-27-14-4-2-3-13(11-14)18(23)21-7-9-22(10-8-21)29(25,26)15-5-6-16-17(12-15)28-19(24)20-16/h2-6,11-12H,7-10H2,1H3,(H,20,24). The zero-order valence-corrected chi connectivity index (χ0v) is 17.3. The number of H-pyrrole nitrogens is 1. The molecule has 10 heteroatoms. The largest absolute Gasteiger partial charge is 0.497 e. The Morgan fingerprint density at radius 3 is 2.59 bits per heavy atom. The minimum atomic E-state index is -3.70. The minimum absolute atomic E-state index is 0.146. The second kappa shape index (κ2) is 7.62. The minimum Gasteiger partial charge on any atom is -0.497 e. The molecule has 0 atom stereocenters. The fourth-order valence-electron chi connectivity index (χ4n) is 3.31. The first-order valence-electron chi connectivity index (χ1n) is 8.95. The quantitative estimate of drug-likeness (QED) is 0.676. The Balaban J connectivity index is 1.49. The SMILES string of the molecule is COc1cccc(C(=O)N2CCN(S(=O)(=O)c3ccc4[nH]c(=O)sc4c3)CC2)c1. The van der Waals surface area contributed by atoms with E-state index in [0.717, 1.165) is 11.3 Å². The van der Waals surface area contributed by atoms with Gasteiger partial charge in [-0.05, 0) is 36.4 Å². The number of methoxy groups -OCH3 is 1. The van der Waals surface area contributed by atoms with Gasteiger partial charge in [-0.15, -0.1) is 0 Å². The highest BCUT2D eigenvalue weighted by molar-refractivity contribution is 7.89. The van der Waals surface area contributed by atoms with Crippen LogP contribution < -0.4 is 9.61 Å². The Labute approximate surface area is 171 Å². The predicted octanol–water partition coefficient (Wildman–Crippen LogP) is 1.74. The van der Waals surface area contributed by atoms with E-state index in [9.17, 15) is 18.0 Å². The third-order valence-electron chi connectivity index (χ3n) is 4.87. The topological polar surface area (TPSA) is 99.8 Å². The molecule has 8 nitrogen and oxygen atoms in total. The number of sulfonamides is 1. The summed E-state index contributed by atoms with van der Waals surface area (Å²) in [5, 5.41) is 0. The van der Waals surface area contributed by atoms with Gasteiger partial charge in [-0.3, -0.25) is 9.59 Å². The van der Waals surface area contributed by atoms with E-state index in [0.29, 0.717) is 34.6 Å². The molecule has 1 fully saturated rings. The summed E-state index contributed by atoms with van der Waals surface area (Å²) in [5.74, 6) is 0.444. The van der Waals surface area contributed by atoms with Crippen molar-refractivity contribution in [2.24, 2.45) is 0 Å². The molecule has 0 aliphatic carbocycles. The first-order valence-corrected chi connectivity index (χ1v) is 11.2. The van der Waals surface area contributed by atoms with Crippen molar-refractivity contribution in [1.29, 1.82) is 0 Å². The van der Waals surface area contributed by atoms with Crippen molar-refractivity contribution in [3.63, 3.8) is 0 Å².